The molecule has 1 aromatic rings. The molecule has 0 heterocycles. The number of hydrogen-bond acceptors (Lipinski definition) is 3. The molecule has 1 aliphatic rings. The Kier molecular flexibility index (Phi) is 5.40. The minimum atomic E-state index is -3.48. The zero-order chi connectivity index (χ0) is 15.3. The van der Waals surface area contributed by atoms with Gasteiger partial charge < -0.3 is 5.11 Å². The van der Waals surface area contributed by atoms with E-state index in [4.69, 9.17) is 5.11 Å². The van der Waals surface area contributed by atoms with Crippen LogP contribution in [0.3, 0.4) is 0 Å². The second-order valence-corrected chi connectivity index (χ2v) is 7.15. The topological polar surface area (TPSA) is 66.4 Å². The lowest BCUT2D eigenvalue weighted by Gasteiger charge is -2.20. The number of nitrogens with one attached hydrogen (secondary N) is 1. The summed E-state index contributed by atoms with van der Waals surface area (Å²) < 4.78 is 27.4. The SMILES string of the molecule is CC(NS(=O)(=O)c1ccc(C#CCO)cc1)C1CCCC1. The first kappa shape index (κ1) is 16.0. The Bertz CT molecular complexity index is 620. The Hall–Kier alpha value is -1.35. The molecule has 1 aliphatic carbocycles. The minimum absolute atomic E-state index is 0.0358. The third-order valence-corrected chi connectivity index (χ3v) is 5.50. The number of benzene rings is 1. The molecule has 1 atom stereocenters. The fraction of sp³-hybridized carbons (Fsp3) is 0.500. The van der Waals surface area contributed by atoms with Crippen molar-refractivity contribution in [1.82, 2.24) is 4.72 Å². The predicted octanol–water partition coefficient (Wildman–Crippen LogP) is 1.89. The smallest absolute Gasteiger partial charge is 0.240 e. The van der Waals surface area contributed by atoms with Gasteiger partial charge in [0, 0.05) is 11.6 Å². The van der Waals surface area contributed by atoms with Gasteiger partial charge in [-0.25, -0.2) is 13.1 Å². The summed E-state index contributed by atoms with van der Waals surface area (Å²) in [4.78, 5) is 0.252. The molecule has 5 heteroatoms. The first-order valence-electron chi connectivity index (χ1n) is 7.25. The summed E-state index contributed by atoms with van der Waals surface area (Å²) in [6.45, 7) is 1.73. The standard InChI is InChI=1S/C16H21NO3S/c1-13(15-6-2-3-7-15)17-21(19,20)16-10-8-14(9-11-16)5-4-12-18/h8-11,13,15,17-18H,2-3,6-7,12H2,1H3. The molecule has 2 rings (SSSR count). The Balaban J connectivity index is 2.08. The van der Waals surface area contributed by atoms with Crippen LogP contribution in [-0.4, -0.2) is 26.2 Å². The van der Waals surface area contributed by atoms with Crippen molar-refractivity contribution in [3.8, 4) is 11.8 Å². The van der Waals surface area contributed by atoms with Gasteiger partial charge in [0.25, 0.3) is 0 Å². The van der Waals surface area contributed by atoms with Gasteiger partial charge in [-0.1, -0.05) is 24.7 Å². The maximum absolute atomic E-state index is 12.3. The molecule has 114 valence electrons. The van der Waals surface area contributed by atoms with Gasteiger partial charge in [-0.15, -0.1) is 0 Å². The van der Waals surface area contributed by atoms with Crippen LogP contribution >= 0.6 is 0 Å². The van der Waals surface area contributed by atoms with Crippen molar-refractivity contribution < 1.29 is 13.5 Å². The molecule has 0 radical (unpaired) electrons. The van der Waals surface area contributed by atoms with Crippen LogP contribution in [0.15, 0.2) is 29.2 Å². The molecule has 0 aliphatic heterocycles. The zero-order valence-corrected chi connectivity index (χ0v) is 13.0. The van der Waals surface area contributed by atoms with E-state index in [1.807, 2.05) is 6.92 Å². The number of aliphatic hydroxyl groups is 1. The first-order valence-corrected chi connectivity index (χ1v) is 8.73. The van der Waals surface area contributed by atoms with E-state index in [0.29, 0.717) is 11.5 Å². The highest BCUT2D eigenvalue weighted by Crippen LogP contribution is 2.28. The minimum Gasteiger partial charge on any atom is -0.384 e. The lowest BCUT2D eigenvalue weighted by atomic mass is 10.0. The highest BCUT2D eigenvalue weighted by atomic mass is 32.2. The van der Waals surface area contributed by atoms with E-state index in [1.165, 1.54) is 12.8 Å². The normalized spacial score (nSPS) is 17.2. The van der Waals surface area contributed by atoms with E-state index in [9.17, 15) is 8.42 Å². The van der Waals surface area contributed by atoms with Crippen LogP contribution < -0.4 is 4.72 Å². The summed E-state index contributed by atoms with van der Waals surface area (Å²) in [5, 5.41) is 8.63. The molecule has 0 bridgehead atoms. The van der Waals surface area contributed by atoms with E-state index in [1.54, 1.807) is 24.3 Å². The summed E-state index contributed by atoms with van der Waals surface area (Å²) in [5.74, 6) is 5.72. The van der Waals surface area contributed by atoms with Gasteiger partial charge >= 0.3 is 0 Å². The van der Waals surface area contributed by atoms with Crippen LogP contribution in [0.4, 0.5) is 0 Å². The molecular formula is C16H21NO3S. The number of sulfonamides is 1. The Morgan fingerprint density at radius 3 is 2.48 bits per heavy atom. The molecule has 0 aromatic heterocycles. The summed E-state index contributed by atoms with van der Waals surface area (Å²) in [7, 11) is -3.48. The van der Waals surface area contributed by atoms with E-state index in [-0.39, 0.29) is 17.5 Å². The third kappa shape index (κ3) is 4.31. The molecule has 1 saturated carbocycles. The van der Waals surface area contributed by atoms with Crippen LogP contribution in [0.1, 0.15) is 38.2 Å². The molecule has 1 unspecified atom stereocenters. The fourth-order valence-electron chi connectivity index (χ4n) is 2.73. The first-order chi connectivity index (χ1) is 10.0. The predicted molar refractivity (Wildman–Crippen MR) is 82.1 cm³/mol. The van der Waals surface area contributed by atoms with Crippen molar-refractivity contribution >= 4 is 10.0 Å². The van der Waals surface area contributed by atoms with Crippen LogP contribution in [-0.2, 0) is 10.0 Å². The Morgan fingerprint density at radius 2 is 1.90 bits per heavy atom. The number of aliphatic hydroxyl groups excluding tert-OH is 1. The van der Waals surface area contributed by atoms with Crippen molar-refractivity contribution in [2.24, 2.45) is 5.92 Å². The quantitative estimate of drug-likeness (QED) is 0.835. The molecule has 0 amide bonds. The highest BCUT2D eigenvalue weighted by molar-refractivity contribution is 7.89. The molecule has 4 nitrogen and oxygen atoms in total. The van der Waals surface area contributed by atoms with Gasteiger partial charge in [0.2, 0.25) is 10.0 Å². The maximum Gasteiger partial charge on any atom is 0.240 e. The molecule has 1 fully saturated rings. The monoisotopic (exact) mass is 307 g/mol. The van der Waals surface area contributed by atoms with E-state index < -0.39 is 10.0 Å². The summed E-state index contributed by atoms with van der Waals surface area (Å²) >= 11 is 0. The fourth-order valence-corrected chi connectivity index (χ4v) is 4.04. The second kappa shape index (κ2) is 7.08. The molecular weight excluding hydrogens is 286 g/mol. The third-order valence-electron chi connectivity index (χ3n) is 3.92. The van der Waals surface area contributed by atoms with Crippen LogP contribution in [0, 0.1) is 17.8 Å². The van der Waals surface area contributed by atoms with Crippen molar-refractivity contribution in [2.45, 2.75) is 43.5 Å². The van der Waals surface area contributed by atoms with E-state index >= 15 is 0 Å². The second-order valence-electron chi connectivity index (χ2n) is 5.44. The Morgan fingerprint density at radius 1 is 1.29 bits per heavy atom. The van der Waals surface area contributed by atoms with Crippen molar-refractivity contribution in [3.63, 3.8) is 0 Å². The van der Waals surface area contributed by atoms with Crippen molar-refractivity contribution in [1.29, 1.82) is 0 Å². The largest absolute Gasteiger partial charge is 0.384 e. The van der Waals surface area contributed by atoms with E-state index in [2.05, 4.69) is 16.6 Å². The van der Waals surface area contributed by atoms with Crippen LogP contribution in [0.25, 0.3) is 0 Å². The van der Waals surface area contributed by atoms with Gasteiger partial charge in [-0.2, -0.15) is 0 Å². The van der Waals surface area contributed by atoms with Crippen molar-refractivity contribution in [2.75, 3.05) is 6.61 Å². The molecule has 0 spiro atoms. The van der Waals surface area contributed by atoms with Crippen LogP contribution in [0.5, 0.6) is 0 Å². The van der Waals surface area contributed by atoms with Crippen LogP contribution in [0.2, 0.25) is 0 Å². The molecule has 0 saturated heterocycles. The average molecular weight is 307 g/mol. The van der Waals surface area contributed by atoms with Gasteiger partial charge in [-0.3, -0.25) is 0 Å². The van der Waals surface area contributed by atoms with Gasteiger partial charge in [0.15, 0.2) is 0 Å². The van der Waals surface area contributed by atoms with Gasteiger partial charge in [-0.05, 0) is 49.9 Å². The van der Waals surface area contributed by atoms with Gasteiger partial charge in [0.1, 0.15) is 6.61 Å². The van der Waals surface area contributed by atoms with Gasteiger partial charge in [0.05, 0.1) is 4.90 Å². The Labute approximate surface area is 126 Å². The zero-order valence-electron chi connectivity index (χ0n) is 12.2. The maximum atomic E-state index is 12.3. The highest BCUT2D eigenvalue weighted by Gasteiger charge is 2.25. The number of rotatable bonds is 4. The average Bonchev–Trinajstić information content (AvgIpc) is 2.99. The summed E-state index contributed by atoms with van der Waals surface area (Å²) in [5.41, 5.74) is 0.687. The van der Waals surface area contributed by atoms with E-state index in [0.717, 1.165) is 12.8 Å². The summed E-state index contributed by atoms with van der Waals surface area (Å²) in [6.07, 6.45) is 4.57. The lowest BCUT2D eigenvalue weighted by molar-refractivity contribution is 0.350. The molecule has 21 heavy (non-hydrogen) atoms. The molecule has 2 N–H and O–H groups in total. The van der Waals surface area contributed by atoms with Crippen molar-refractivity contribution in [3.05, 3.63) is 29.8 Å². The molecule has 1 aromatic carbocycles. The summed E-state index contributed by atoms with van der Waals surface area (Å²) in [6, 6.07) is 6.36. The number of hydrogen-bond donors (Lipinski definition) is 2. The lowest BCUT2D eigenvalue weighted by Crippen LogP contribution is -2.37.